The second-order valence-corrected chi connectivity index (χ2v) is 12.9. The quantitative estimate of drug-likeness (QED) is 0.444. The van der Waals surface area contributed by atoms with Crippen LogP contribution in [0.25, 0.3) is 10.1 Å². The molecule has 3 aromatic rings. The number of rotatable bonds is 8. The minimum Gasteiger partial charge on any atom is -0.284 e. The van der Waals surface area contributed by atoms with E-state index in [9.17, 15) is 16.8 Å². The van der Waals surface area contributed by atoms with Crippen molar-refractivity contribution in [2.45, 2.75) is 24.2 Å². The van der Waals surface area contributed by atoms with Gasteiger partial charge in [-0.3, -0.25) is 9.03 Å². The first kappa shape index (κ1) is 21.6. The standard InChI is InChI=1S/C20H21BrN2O4S3/c1-29(24,25)22-15-8-10-16(11-9-15)30(26,27)23(13-12-14-6-7-14)20-19(21)17-4-2-3-5-18(17)28-20/h2-5,8-11,14,22H,6-7,12-13H2,1H3. The Bertz CT molecular complexity index is 1280. The highest BCUT2D eigenvalue weighted by molar-refractivity contribution is 9.10. The van der Waals surface area contributed by atoms with Gasteiger partial charge >= 0.3 is 0 Å². The van der Waals surface area contributed by atoms with Gasteiger partial charge in [-0.25, -0.2) is 16.8 Å². The lowest BCUT2D eigenvalue weighted by molar-refractivity contribution is 0.587. The van der Waals surface area contributed by atoms with Crippen LogP contribution >= 0.6 is 27.3 Å². The van der Waals surface area contributed by atoms with Crippen LogP contribution in [0.3, 0.4) is 0 Å². The smallest absolute Gasteiger partial charge is 0.264 e. The molecule has 30 heavy (non-hydrogen) atoms. The fourth-order valence-electron chi connectivity index (χ4n) is 3.24. The van der Waals surface area contributed by atoms with Crippen LogP contribution in [0, 0.1) is 5.92 Å². The van der Waals surface area contributed by atoms with Gasteiger partial charge in [0.1, 0.15) is 5.00 Å². The molecule has 0 atom stereocenters. The highest BCUT2D eigenvalue weighted by atomic mass is 79.9. The van der Waals surface area contributed by atoms with Crippen molar-refractivity contribution in [3.63, 3.8) is 0 Å². The van der Waals surface area contributed by atoms with Crippen molar-refractivity contribution in [2.24, 2.45) is 5.92 Å². The number of thiophene rings is 1. The van der Waals surface area contributed by atoms with Gasteiger partial charge in [0.2, 0.25) is 10.0 Å². The fourth-order valence-corrected chi connectivity index (χ4v) is 7.67. The maximum atomic E-state index is 13.6. The molecule has 1 N–H and O–H groups in total. The van der Waals surface area contributed by atoms with E-state index in [1.54, 1.807) is 0 Å². The van der Waals surface area contributed by atoms with Gasteiger partial charge in [-0.2, -0.15) is 0 Å². The Labute approximate surface area is 189 Å². The molecule has 1 fully saturated rings. The summed E-state index contributed by atoms with van der Waals surface area (Å²) in [5.41, 5.74) is 0.323. The van der Waals surface area contributed by atoms with Gasteiger partial charge in [-0.15, -0.1) is 11.3 Å². The average Bonchev–Trinajstić information content (AvgIpc) is 3.45. The van der Waals surface area contributed by atoms with Crippen LogP contribution in [0.5, 0.6) is 0 Å². The van der Waals surface area contributed by atoms with E-state index < -0.39 is 20.0 Å². The normalized spacial score (nSPS) is 14.7. The molecular formula is C20H21BrN2O4S3. The number of hydrogen-bond donors (Lipinski definition) is 1. The van der Waals surface area contributed by atoms with Gasteiger partial charge in [0.05, 0.1) is 15.6 Å². The molecule has 4 rings (SSSR count). The predicted octanol–water partition coefficient (Wildman–Crippen LogP) is 5.03. The monoisotopic (exact) mass is 528 g/mol. The number of nitrogens with one attached hydrogen (secondary N) is 1. The van der Waals surface area contributed by atoms with Crippen LogP contribution in [0.1, 0.15) is 19.3 Å². The Morgan fingerprint density at radius 3 is 2.33 bits per heavy atom. The summed E-state index contributed by atoms with van der Waals surface area (Å²) in [7, 11) is -7.25. The molecule has 0 saturated heterocycles. The third kappa shape index (κ3) is 4.66. The summed E-state index contributed by atoms with van der Waals surface area (Å²) in [6.07, 6.45) is 4.16. The van der Waals surface area contributed by atoms with E-state index >= 15 is 0 Å². The van der Waals surface area contributed by atoms with E-state index in [4.69, 9.17) is 0 Å². The summed E-state index contributed by atoms with van der Waals surface area (Å²) in [6.45, 7) is 0.405. The van der Waals surface area contributed by atoms with Gasteiger partial charge in [0, 0.05) is 22.3 Å². The SMILES string of the molecule is CS(=O)(=O)Nc1ccc(S(=O)(=O)N(CCC2CC2)c2sc3ccccc3c2Br)cc1. The van der Waals surface area contributed by atoms with Crippen molar-refractivity contribution in [3.8, 4) is 0 Å². The number of sulfonamides is 2. The van der Waals surface area contributed by atoms with Gasteiger partial charge in [-0.1, -0.05) is 31.0 Å². The third-order valence-electron chi connectivity index (χ3n) is 4.93. The van der Waals surface area contributed by atoms with E-state index in [0.717, 1.165) is 40.1 Å². The second-order valence-electron chi connectivity index (χ2n) is 7.43. The lowest BCUT2D eigenvalue weighted by atomic mass is 10.2. The number of hydrogen-bond acceptors (Lipinski definition) is 5. The molecule has 1 aromatic heterocycles. The van der Waals surface area contributed by atoms with E-state index in [1.807, 2.05) is 24.3 Å². The summed E-state index contributed by atoms with van der Waals surface area (Å²) < 4.78 is 55.6. The Hall–Kier alpha value is -1.62. The molecule has 6 nitrogen and oxygen atoms in total. The predicted molar refractivity (Wildman–Crippen MR) is 126 cm³/mol. The summed E-state index contributed by atoms with van der Waals surface area (Å²) in [5.74, 6) is 0.581. The van der Waals surface area contributed by atoms with Crippen LogP contribution in [0.2, 0.25) is 0 Å². The van der Waals surface area contributed by atoms with Crippen LogP contribution in [-0.2, 0) is 20.0 Å². The average molecular weight is 530 g/mol. The highest BCUT2D eigenvalue weighted by Gasteiger charge is 2.31. The van der Waals surface area contributed by atoms with E-state index in [0.29, 0.717) is 23.2 Å². The molecule has 1 aliphatic carbocycles. The van der Waals surface area contributed by atoms with E-state index in [-0.39, 0.29) is 4.90 Å². The number of nitrogens with zero attached hydrogens (tertiary/aromatic N) is 1. The number of anilines is 2. The maximum Gasteiger partial charge on any atom is 0.264 e. The third-order valence-corrected chi connectivity index (χ3v) is 9.72. The highest BCUT2D eigenvalue weighted by Crippen LogP contribution is 2.44. The molecule has 1 saturated carbocycles. The Morgan fingerprint density at radius 1 is 1.07 bits per heavy atom. The van der Waals surface area contributed by atoms with Crippen molar-refractivity contribution < 1.29 is 16.8 Å². The summed E-state index contributed by atoms with van der Waals surface area (Å²) in [6, 6.07) is 13.6. The van der Waals surface area contributed by atoms with E-state index in [1.165, 1.54) is 39.9 Å². The minimum absolute atomic E-state index is 0.127. The Morgan fingerprint density at radius 2 is 1.73 bits per heavy atom. The van der Waals surface area contributed by atoms with Crippen molar-refractivity contribution in [3.05, 3.63) is 53.0 Å². The molecule has 0 radical (unpaired) electrons. The van der Waals surface area contributed by atoms with Gasteiger partial charge in [-0.05, 0) is 58.6 Å². The summed E-state index contributed by atoms with van der Waals surface area (Å²) in [5, 5.41) is 1.65. The zero-order chi connectivity index (χ0) is 21.5. The minimum atomic E-state index is -3.82. The van der Waals surface area contributed by atoms with Crippen molar-refractivity contribution in [1.82, 2.24) is 0 Å². The number of benzene rings is 2. The second kappa shape index (κ2) is 8.14. The van der Waals surface area contributed by atoms with Crippen LogP contribution < -0.4 is 9.03 Å². The maximum absolute atomic E-state index is 13.6. The van der Waals surface area contributed by atoms with E-state index in [2.05, 4.69) is 20.7 Å². The van der Waals surface area contributed by atoms with Gasteiger partial charge in [0.25, 0.3) is 10.0 Å². The number of fused-ring (bicyclic) bond motifs is 1. The molecule has 0 aliphatic heterocycles. The molecule has 0 spiro atoms. The lowest BCUT2D eigenvalue weighted by Gasteiger charge is -2.23. The Balaban J connectivity index is 1.72. The molecule has 0 amide bonds. The summed E-state index contributed by atoms with van der Waals surface area (Å²) >= 11 is 5.06. The number of halogens is 1. The van der Waals surface area contributed by atoms with Crippen molar-refractivity contribution in [1.29, 1.82) is 0 Å². The molecular weight excluding hydrogens is 508 g/mol. The van der Waals surface area contributed by atoms with Crippen molar-refractivity contribution in [2.75, 3.05) is 21.8 Å². The molecule has 0 bridgehead atoms. The van der Waals surface area contributed by atoms with Crippen molar-refractivity contribution >= 4 is 68.1 Å². The lowest BCUT2D eigenvalue weighted by Crippen LogP contribution is -2.32. The zero-order valence-electron chi connectivity index (χ0n) is 16.2. The largest absolute Gasteiger partial charge is 0.284 e. The first-order chi connectivity index (χ1) is 14.1. The fraction of sp³-hybridized carbons (Fsp3) is 0.300. The summed E-state index contributed by atoms with van der Waals surface area (Å²) in [4.78, 5) is 0.127. The topological polar surface area (TPSA) is 83.5 Å². The molecule has 0 unspecified atom stereocenters. The van der Waals surface area contributed by atoms with Gasteiger partial charge in [0.15, 0.2) is 0 Å². The first-order valence-electron chi connectivity index (χ1n) is 9.43. The molecule has 10 heteroatoms. The van der Waals surface area contributed by atoms with Crippen LogP contribution in [0.15, 0.2) is 57.9 Å². The van der Waals surface area contributed by atoms with Gasteiger partial charge < -0.3 is 0 Å². The van der Waals surface area contributed by atoms with Crippen LogP contribution in [-0.4, -0.2) is 29.6 Å². The Kier molecular flexibility index (Phi) is 5.86. The molecule has 160 valence electrons. The molecule has 1 aliphatic rings. The molecule has 1 heterocycles. The zero-order valence-corrected chi connectivity index (χ0v) is 20.2. The van der Waals surface area contributed by atoms with Crippen LogP contribution in [0.4, 0.5) is 10.7 Å². The first-order valence-corrected chi connectivity index (χ1v) is 14.4. The molecule has 2 aromatic carbocycles.